The maximum absolute atomic E-state index is 15.3. The highest BCUT2D eigenvalue weighted by Gasteiger charge is 2.38. The Morgan fingerprint density at radius 1 is 0.500 bits per heavy atom. The maximum atomic E-state index is 15.3. The smallest absolute Gasteiger partial charge is 0.169 e. The maximum Gasteiger partial charge on any atom is 0.169 e. The molecule has 0 bridgehead atoms. The molecular formula is C32H26F12. The number of hydrogen-bond acceptors (Lipinski definition) is 0. The molecule has 44 heavy (non-hydrogen) atoms. The normalized spacial score (nSPS) is 14.2. The number of halogens is 12. The van der Waals surface area contributed by atoms with Crippen LogP contribution < -0.4 is 0 Å². The molecule has 0 aliphatic rings. The van der Waals surface area contributed by atoms with Gasteiger partial charge in [0.05, 0.1) is 11.1 Å². The predicted octanol–water partition coefficient (Wildman–Crippen LogP) is 10.9. The lowest BCUT2D eigenvalue weighted by molar-refractivity contribution is 0.369. The lowest BCUT2D eigenvalue weighted by atomic mass is 9.72. The van der Waals surface area contributed by atoms with E-state index in [4.69, 9.17) is 0 Å². The lowest BCUT2D eigenvalue weighted by Gasteiger charge is -2.32. The highest BCUT2D eigenvalue weighted by atomic mass is 19.2. The van der Waals surface area contributed by atoms with Crippen molar-refractivity contribution in [3.63, 3.8) is 0 Å². The van der Waals surface area contributed by atoms with Crippen molar-refractivity contribution in [1.82, 2.24) is 0 Å². The second-order valence-electron chi connectivity index (χ2n) is 11.0. The molecule has 3 rings (SSSR count). The minimum Gasteiger partial charge on any atom is -0.203 e. The van der Waals surface area contributed by atoms with Crippen molar-refractivity contribution in [2.24, 2.45) is 0 Å². The third kappa shape index (κ3) is 5.63. The summed E-state index contributed by atoms with van der Waals surface area (Å²) in [5.74, 6) is -21.1. The summed E-state index contributed by atoms with van der Waals surface area (Å²) in [6.07, 6.45) is -0.522. The summed E-state index contributed by atoms with van der Waals surface area (Å²) in [5, 5.41) is 0. The van der Waals surface area contributed by atoms with E-state index in [1.165, 1.54) is 6.92 Å². The van der Waals surface area contributed by atoms with Crippen molar-refractivity contribution in [2.45, 2.75) is 66.7 Å². The van der Waals surface area contributed by atoms with Gasteiger partial charge in [0, 0.05) is 27.7 Å². The van der Waals surface area contributed by atoms with Crippen LogP contribution in [0.25, 0.3) is 11.1 Å². The summed E-state index contributed by atoms with van der Waals surface area (Å²) in [5.41, 5.74) is -9.63. The predicted molar refractivity (Wildman–Crippen MR) is 142 cm³/mol. The van der Waals surface area contributed by atoms with E-state index in [1.807, 2.05) is 0 Å². The van der Waals surface area contributed by atoms with Crippen LogP contribution >= 0.6 is 0 Å². The van der Waals surface area contributed by atoms with Crippen LogP contribution in [-0.4, -0.2) is 0 Å². The molecule has 0 nitrogen and oxygen atoms in total. The van der Waals surface area contributed by atoms with Gasteiger partial charge in [0.25, 0.3) is 0 Å². The topological polar surface area (TPSA) is 0 Å². The molecule has 0 aromatic heterocycles. The van der Waals surface area contributed by atoms with E-state index < -0.39 is 133 Å². The molecule has 0 N–H and O–H groups in total. The lowest BCUT2D eigenvalue weighted by Crippen LogP contribution is -2.27. The molecule has 0 fully saturated rings. The summed E-state index contributed by atoms with van der Waals surface area (Å²) in [7, 11) is 0. The van der Waals surface area contributed by atoms with Crippen molar-refractivity contribution in [1.29, 1.82) is 0 Å². The number of rotatable bonds is 7. The Bertz CT molecular complexity index is 1660. The summed E-state index contributed by atoms with van der Waals surface area (Å²) in [6, 6.07) is 0. The molecule has 0 radical (unpaired) electrons. The zero-order valence-corrected chi connectivity index (χ0v) is 24.5. The Morgan fingerprint density at radius 3 is 1.18 bits per heavy atom. The van der Waals surface area contributed by atoms with Crippen LogP contribution in [0.2, 0.25) is 0 Å². The van der Waals surface area contributed by atoms with Crippen LogP contribution in [0.5, 0.6) is 0 Å². The molecule has 238 valence electrons. The van der Waals surface area contributed by atoms with Gasteiger partial charge in [-0.1, -0.05) is 18.6 Å². The van der Waals surface area contributed by atoms with Crippen molar-refractivity contribution in [3.8, 4) is 0 Å². The highest BCUT2D eigenvalue weighted by molar-refractivity contribution is 5.69. The molecule has 12 heteroatoms. The van der Waals surface area contributed by atoms with Gasteiger partial charge in [-0.3, -0.25) is 0 Å². The van der Waals surface area contributed by atoms with Crippen LogP contribution in [0, 0.1) is 90.6 Å². The molecule has 0 aliphatic heterocycles. The summed E-state index contributed by atoms with van der Waals surface area (Å²) in [4.78, 5) is 0. The first-order valence-electron chi connectivity index (χ1n) is 13.0. The second-order valence-corrected chi connectivity index (χ2v) is 11.0. The van der Waals surface area contributed by atoms with Crippen molar-refractivity contribution >= 4 is 11.1 Å². The van der Waals surface area contributed by atoms with E-state index in [9.17, 15) is 43.9 Å². The third-order valence-corrected chi connectivity index (χ3v) is 7.98. The molecular weight excluding hydrogens is 612 g/mol. The monoisotopic (exact) mass is 638 g/mol. The average Bonchev–Trinajstić information content (AvgIpc) is 2.97. The number of hydrogen-bond donors (Lipinski definition) is 0. The van der Waals surface area contributed by atoms with Gasteiger partial charge < -0.3 is 0 Å². The molecule has 1 unspecified atom stereocenters. The van der Waals surface area contributed by atoms with Crippen LogP contribution in [0.4, 0.5) is 52.7 Å². The summed E-state index contributed by atoms with van der Waals surface area (Å²) < 4.78 is 176. The van der Waals surface area contributed by atoms with Gasteiger partial charge in [-0.15, -0.1) is 0 Å². The molecule has 0 aliphatic carbocycles. The molecule has 3 aromatic rings. The van der Waals surface area contributed by atoms with Crippen molar-refractivity contribution < 1.29 is 52.7 Å². The average molecular weight is 639 g/mol. The highest BCUT2D eigenvalue weighted by Crippen LogP contribution is 2.43. The van der Waals surface area contributed by atoms with E-state index >= 15 is 8.78 Å². The van der Waals surface area contributed by atoms with Gasteiger partial charge in [-0.05, 0) is 65.5 Å². The molecule has 0 amide bonds. The number of benzene rings is 3. The number of allylic oxidation sites excluding steroid dienone is 4. The molecule has 0 saturated heterocycles. The van der Waals surface area contributed by atoms with E-state index in [0.29, 0.717) is 0 Å². The molecule has 0 saturated carbocycles. The molecule has 0 heterocycles. The van der Waals surface area contributed by atoms with Crippen LogP contribution in [0.1, 0.15) is 73.9 Å². The standard InChI is InChI=1S/C32H26F12/c1-11(17-26(39)20(33)14(4)21(34)27(17)40)8-9-32(7,19-30(43)24(37)16(6)25(38)31(19)44)10-12(2)13(3)18-28(41)22(35)15(5)23(36)29(18)42/h8H,9-10H2,1-7H3/b11-8-,13-12+. The fourth-order valence-electron chi connectivity index (χ4n) is 5.10. The van der Waals surface area contributed by atoms with E-state index in [-0.39, 0.29) is 5.57 Å². The quantitative estimate of drug-likeness (QED) is 0.178. The van der Waals surface area contributed by atoms with Crippen molar-refractivity contribution in [3.05, 3.63) is 115 Å². The Kier molecular flexibility index (Phi) is 9.77. The largest absolute Gasteiger partial charge is 0.203 e. The molecule has 1 atom stereocenters. The SMILES string of the molecule is C/C(=C/CC(C)(C/C(C)=C(\C)c1c(F)c(F)c(C)c(F)c1F)c1c(F)c(F)c(C)c(F)c1F)c1c(F)c(F)c(C)c(F)c1F. The minimum atomic E-state index is -2.14. The van der Waals surface area contributed by atoms with Crippen LogP contribution in [0.3, 0.4) is 0 Å². The van der Waals surface area contributed by atoms with Gasteiger partial charge in [-0.25, -0.2) is 52.7 Å². The molecule has 3 aromatic carbocycles. The summed E-state index contributed by atoms with van der Waals surface area (Å²) in [6.45, 7) is 6.61. The second kappa shape index (κ2) is 12.4. The van der Waals surface area contributed by atoms with Gasteiger partial charge in [0.1, 0.15) is 0 Å². The fraction of sp³-hybridized carbons (Fsp3) is 0.312. The first kappa shape index (κ1) is 34.8. The Morgan fingerprint density at radius 2 is 0.818 bits per heavy atom. The van der Waals surface area contributed by atoms with Gasteiger partial charge >= 0.3 is 0 Å². The van der Waals surface area contributed by atoms with Gasteiger partial charge in [-0.2, -0.15) is 0 Å². The zero-order chi connectivity index (χ0) is 33.7. The van der Waals surface area contributed by atoms with Crippen LogP contribution in [0.15, 0.2) is 11.6 Å². The van der Waals surface area contributed by atoms with Crippen LogP contribution in [-0.2, 0) is 5.41 Å². The molecule has 0 spiro atoms. The van der Waals surface area contributed by atoms with Crippen molar-refractivity contribution in [2.75, 3.05) is 0 Å². The third-order valence-electron chi connectivity index (χ3n) is 7.98. The fourth-order valence-corrected chi connectivity index (χ4v) is 5.10. The minimum absolute atomic E-state index is 0.163. The Balaban J connectivity index is 2.31. The first-order chi connectivity index (χ1) is 20.2. The van der Waals surface area contributed by atoms with E-state index in [0.717, 1.165) is 47.6 Å². The summed E-state index contributed by atoms with van der Waals surface area (Å²) >= 11 is 0. The van der Waals surface area contributed by atoms with E-state index in [1.54, 1.807) is 0 Å². The Labute approximate surface area is 245 Å². The van der Waals surface area contributed by atoms with Gasteiger partial charge in [0.15, 0.2) is 69.8 Å². The zero-order valence-electron chi connectivity index (χ0n) is 24.5. The first-order valence-corrected chi connectivity index (χ1v) is 13.0. The Hall–Kier alpha value is -3.70. The van der Waals surface area contributed by atoms with E-state index in [2.05, 4.69) is 0 Å². The van der Waals surface area contributed by atoms with Gasteiger partial charge in [0.2, 0.25) is 0 Å².